The zero-order valence-electron chi connectivity index (χ0n) is 12.1. The highest BCUT2D eigenvalue weighted by Gasteiger charge is 2.23. The molecule has 0 aromatic heterocycles. The first-order chi connectivity index (χ1) is 10.0. The number of amides is 2. The number of carbonyl (C=O) groups is 2. The lowest BCUT2D eigenvalue weighted by molar-refractivity contribution is -0.119. The molecule has 1 fully saturated rings. The normalized spacial score (nSPS) is 18.5. The van der Waals surface area contributed by atoms with Gasteiger partial charge in [-0.05, 0) is 43.1 Å². The van der Waals surface area contributed by atoms with Crippen LogP contribution >= 0.6 is 11.6 Å². The summed E-state index contributed by atoms with van der Waals surface area (Å²) in [6.45, 7) is 4.31. The Labute approximate surface area is 129 Å². The number of halogens is 1. The van der Waals surface area contributed by atoms with Crippen LogP contribution in [0.3, 0.4) is 0 Å². The van der Waals surface area contributed by atoms with E-state index in [4.69, 9.17) is 11.6 Å². The lowest BCUT2D eigenvalue weighted by atomic mass is 10.1. The van der Waals surface area contributed by atoms with Crippen molar-refractivity contribution in [2.45, 2.75) is 13.3 Å². The summed E-state index contributed by atoms with van der Waals surface area (Å²) in [6, 6.07) is 7.06. The van der Waals surface area contributed by atoms with Crippen molar-refractivity contribution in [2.75, 3.05) is 31.5 Å². The van der Waals surface area contributed by atoms with Gasteiger partial charge in [0.1, 0.15) is 0 Å². The van der Waals surface area contributed by atoms with E-state index in [2.05, 4.69) is 15.5 Å². The van der Waals surface area contributed by atoms with Crippen LogP contribution in [0.4, 0.5) is 5.69 Å². The third kappa shape index (κ3) is 5.36. The minimum absolute atomic E-state index is 0.00562. The summed E-state index contributed by atoms with van der Waals surface area (Å²) in [7, 11) is 0. The monoisotopic (exact) mass is 309 g/mol. The van der Waals surface area contributed by atoms with Gasteiger partial charge in [-0.15, -0.1) is 0 Å². The summed E-state index contributed by atoms with van der Waals surface area (Å²) >= 11 is 5.80. The fourth-order valence-electron chi connectivity index (χ4n) is 2.45. The Morgan fingerprint density at radius 2 is 2.05 bits per heavy atom. The van der Waals surface area contributed by atoms with Gasteiger partial charge in [-0.1, -0.05) is 11.6 Å². The highest BCUT2D eigenvalue weighted by Crippen LogP contribution is 2.16. The maximum Gasteiger partial charge on any atom is 0.238 e. The molecule has 5 nitrogen and oxygen atoms in total. The molecule has 1 unspecified atom stereocenters. The molecular formula is C15H20ClN3O2. The van der Waals surface area contributed by atoms with Crippen molar-refractivity contribution >= 4 is 29.1 Å². The van der Waals surface area contributed by atoms with Crippen LogP contribution in [-0.4, -0.2) is 42.9 Å². The Bertz CT molecular complexity index is 504. The first-order valence-corrected chi connectivity index (χ1v) is 7.43. The molecule has 114 valence electrons. The first-order valence-electron chi connectivity index (χ1n) is 7.05. The van der Waals surface area contributed by atoms with Crippen molar-refractivity contribution in [2.24, 2.45) is 5.92 Å². The Morgan fingerprint density at radius 3 is 2.71 bits per heavy atom. The molecule has 0 bridgehead atoms. The molecule has 2 N–H and O–H groups in total. The number of anilines is 1. The molecule has 2 rings (SSSR count). The lowest BCUT2D eigenvalue weighted by Crippen LogP contribution is -2.33. The number of rotatable bonds is 5. The van der Waals surface area contributed by atoms with Gasteiger partial charge in [-0.2, -0.15) is 0 Å². The molecular weight excluding hydrogens is 290 g/mol. The SMILES string of the molecule is CC(=O)NCC1CCN(CC(=O)Nc2ccc(Cl)cc2)C1. The second kappa shape index (κ2) is 7.43. The standard InChI is InChI=1S/C15H20ClN3O2/c1-11(20)17-8-12-6-7-19(9-12)10-15(21)18-14-4-2-13(16)3-5-14/h2-5,12H,6-10H2,1H3,(H,17,20)(H,18,21). The fraction of sp³-hybridized carbons (Fsp3) is 0.467. The topological polar surface area (TPSA) is 61.4 Å². The van der Waals surface area contributed by atoms with Crippen molar-refractivity contribution in [3.63, 3.8) is 0 Å². The highest BCUT2D eigenvalue weighted by molar-refractivity contribution is 6.30. The number of likely N-dealkylation sites (tertiary alicyclic amines) is 1. The van der Waals surface area contributed by atoms with Gasteiger partial charge in [0, 0.05) is 30.7 Å². The number of hydrogen-bond donors (Lipinski definition) is 2. The minimum Gasteiger partial charge on any atom is -0.356 e. The number of nitrogens with zero attached hydrogens (tertiary/aromatic N) is 1. The van der Waals surface area contributed by atoms with Crippen molar-refractivity contribution in [1.29, 1.82) is 0 Å². The molecule has 6 heteroatoms. The summed E-state index contributed by atoms with van der Waals surface area (Å²) in [4.78, 5) is 25.0. The highest BCUT2D eigenvalue weighted by atomic mass is 35.5. The van der Waals surface area contributed by atoms with Gasteiger partial charge in [0.2, 0.25) is 11.8 Å². The van der Waals surface area contributed by atoms with E-state index in [-0.39, 0.29) is 11.8 Å². The van der Waals surface area contributed by atoms with Crippen LogP contribution in [0.5, 0.6) is 0 Å². The van der Waals surface area contributed by atoms with Crippen molar-refractivity contribution in [3.05, 3.63) is 29.3 Å². The van der Waals surface area contributed by atoms with Gasteiger partial charge in [0.05, 0.1) is 6.54 Å². The van der Waals surface area contributed by atoms with Crippen LogP contribution in [0.15, 0.2) is 24.3 Å². The molecule has 0 spiro atoms. The van der Waals surface area contributed by atoms with Crippen LogP contribution in [0.1, 0.15) is 13.3 Å². The summed E-state index contributed by atoms with van der Waals surface area (Å²) in [5, 5.41) is 6.33. The van der Waals surface area contributed by atoms with E-state index in [0.29, 0.717) is 24.0 Å². The molecule has 0 saturated carbocycles. The van der Waals surface area contributed by atoms with Gasteiger partial charge in [0.15, 0.2) is 0 Å². The van der Waals surface area contributed by atoms with Crippen LogP contribution in [0.2, 0.25) is 5.02 Å². The lowest BCUT2D eigenvalue weighted by Gasteiger charge is -2.16. The van der Waals surface area contributed by atoms with E-state index in [9.17, 15) is 9.59 Å². The average Bonchev–Trinajstić information content (AvgIpc) is 2.86. The molecule has 1 aromatic rings. The third-order valence-corrected chi connectivity index (χ3v) is 3.76. The predicted molar refractivity (Wildman–Crippen MR) is 83.3 cm³/mol. The molecule has 1 aromatic carbocycles. The maximum atomic E-state index is 12.0. The third-order valence-electron chi connectivity index (χ3n) is 3.50. The number of hydrogen-bond acceptors (Lipinski definition) is 3. The van der Waals surface area contributed by atoms with Crippen molar-refractivity contribution in [3.8, 4) is 0 Å². The Morgan fingerprint density at radius 1 is 1.33 bits per heavy atom. The van der Waals surface area contributed by atoms with E-state index in [1.165, 1.54) is 6.92 Å². The summed E-state index contributed by atoms with van der Waals surface area (Å²) in [5.74, 6) is 0.392. The van der Waals surface area contributed by atoms with Crippen molar-refractivity contribution < 1.29 is 9.59 Å². The zero-order chi connectivity index (χ0) is 15.2. The van der Waals surface area contributed by atoms with Gasteiger partial charge >= 0.3 is 0 Å². The van der Waals surface area contributed by atoms with Gasteiger partial charge in [-0.25, -0.2) is 0 Å². The molecule has 21 heavy (non-hydrogen) atoms. The van der Waals surface area contributed by atoms with Gasteiger partial charge in [0.25, 0.3) is 0 Å². The molecule has 1 aliphatic rings. The quantitative estimate of drug-likeness (QED) is 0.871. The Hall–Kier alpha value is -1.59. The predicted octanol–water partition coefficient (Wildman–Crippen LogP) is 1.74. The van der Waals surface area contributed by atoms with E-state index >= 15 is 0 Å². The van der Waals surface area contributed by atoms with Crippen LogP contribution in [-0.2, 0) is 9.59 Å². The molecule has 1 saturated heterocycles. The molecule has 1 atom stereocenters. The Balaban J connectivity index is 1.73. The van der Waals surface area contributed by atoms with E-state index in [1.54, 1.807) is 24.3 Å². The van der Waals surface area contributed by atoms with E-state index in [0.717, 1.165) is 25.2 Å². The summed E-state index contributed by atoms with van der Waals surface area (Å²) in [6.07, 6.45) is 1.01. The molecule has 0 radical (unpaired) electrons. The van der Waals surface area contributed by atoms with Crippen LogP contribution in [0.25, 0.3) is 0 Å². The zero-order valence-corrected chi connectivity index (χ0v) is 12.8. The first kappa shape index (κ1) is 15.8. The maximum absolute atomic E-state index is 12.0. The number of benzene rings is 1. The largest absolute Gasteiger partial charge is 0.356 e. The minimum atomic E-state index is -0.0301. The number of nitrogens with one attached hydrogen (secondary N) is 2. The molecule has 0 aliphatic carbocycles. The molecule has 2 amide bonds. The van der Waals surface area contributed by atoms with Gasteiger partial charge in [-0.3, -0.25) is 14.5 Å². The average molecular weight is 310 g/mol. The second-order valence-corrected chi connectivity index (χ2v) is 5.82. The summed E-state index contributed by atoms with van der Waals surface area (Å²) < 4.78 is 0. The second-order valence-electron chi connectivity index (χ2n) is 5.38. The van der Waals surface area contributed by atoms with Crippen LogP contribution < -0.4 is 10.6 Å². The fourth-order valence-corrected chi connectivity index (χ4v) is 2.57. The van der Waals surface area contributed by atoms with E-state index < -0.39 is 0 Å². The van der Waals surface area contributed by atoms with Crippen LogP contribution in [0, 0.1) is 5.92 Å². The molecule has 1 aliphatic heterocycles. The van der Waals surface area contributed by atoms with Crippen molar-refractivity contribution in [1.82, 2.24) is 10.2 Å². The molecule has 1 heterocycles. The summed E-state index contributed by atoms with van der Waals surface area (Å²) in [5.41, 5.74) is 0.749. The smallest absolute Gasteiger partial charge is 0.238 e. The Kier molecular flexibility index (Phi) is 5.59. The van der Waals surface area contributed by atoms with Gasteiger partial charge < -0.3 is 10.6 Å². The van der Waals surface area contributed by atoms with E-state index in [1.807, 2.05) is 0 Å². The number of carbonyl (C=O) groups excluding carboxylic acids is 2.